The van der Waals surface area contributed by atoms with E-state index in [0.717, 1.165) is 62.6 Å². The number of amidine groups is 1. The molecule has 4 aliphatic rings. The van der Waals surface area contributed by atoms with Gasteiger partial charge >= 0.3 is 12.1 Å². The smallest absolute Gasteiger partial charge is 0.407 e. The van der Waals surface area contributed by atoms with E-state index in [4.69, 9.17) is 14.5 Å². The number of alkyl carbamates (subject to hydrolysis) is 1. The van der Waals surface area contributed by atoms with Crippen LogP contribution >= 0.6 is 0 Å². The number of nitrogens with zero attached hydrogens (tertiary/aromatic N) is 4. The number of benzene rings is 2. The molecule has 3 aliphatic heterocycles. The summed E-state index contributed by atoms with van der Waals surface area (Å²) in [5.74, 6) is 1.22. The van der Waals surface area contributed by atoms with E-state index in [9.17, 15) is 9.59 Å². The van der Waals surface area contributed by atoms with Crippen molar-refractivity contribution in [1.29, 1.82) is 0 Å². The molecule has 2 N–H and O–H groups in total. The summed E-state index contributed by atoms with van der Waals surface area (Å²) in [6, 6.07) is 13.0. The Morgan fingerprint density at radius 1 is 1.00 bits per heavy atom. The second kappa shape index (κ2) is 15.2. The maximum absolute atomic E-state index is 15.2. The molecule has 272 valence electrons. The zero-order valence-corrected chi connectivity index (χ0v) is 30.5. The summed E-state index contributed by atoms with van der Waals surface area (Å²) in [5, 5.41) is 6.20. The molecule has 0 unspecified atom stereocenters. The van der Waals surface area contributed by atoms with Crippen molar-refractivity contribution in [2.24, 2.45) is 4.99 Å². The number of piperidine rings is 2. The molecular weight excluding hydrogens is 635 g/mol. The summed E-state index contributed by atoms with van der Waals surface area (Å²) in [6.45, 7) is 13.2. The largest absolute Gasteiger partial charge is 0.491 e. The fraction of sp³-hybridized carbons (Fsp3) is 0.615. The highest BCUT2D eigenvalue weighted by Crippen LogP contribution is 2.43. The van der Waals surface area contributed by atoms with E-state index >= 15 is 4.39 Å². The maximum Gasteiger partial charge on any atom is 0.407 e. The molecule has 3 heterocycles. The van der Waals surface area contributed by atoms with Crippen LogP contribution in [0.3, 0.4) is 0 Å². The van der Waals surface area contributed by atoms with Gasteiger partial charge in [-0.05, 0) is 109 Å². The van der Waals surface area contributed by atoms with Gasteiger partial charge < -0.3 is 19.7 Å². The van der Waals surface area contributed by atoms with E-state index in [1.165, 1.54) is 24.1 Å². The summed E-state index contributed by atoms with van der Waals surface area (Å²) in [6.07, 6.45) is 8.02. The van der Waals surface area contributed by atoms with Crippen molar-refractivity contribution in [2.45, 2.75) is 128 Å². The molecule has 0 radical (unpaired) electrons. The van der Waals surface area contributed by atoms with Gasteiger partial charge in [0.05, 0.1) is 23.5 Å². The third-order valence-electron chi connectivity index (χ3n) is 10.3. The van der Waals surface area contributed by atoms with Crippen molar-refractivity contribution in [2.75, 3.05) is 36.0 Å². The van der Waals surface area contributed by atoms with Crippen molar-refractivity contribution < 1.29 is 23.5 Å². The Labute approximate surface area is 296 Å². The molecule has 0 atom stereocenters. The lowest BCUT2D eigenvalue weighted by atomic mass is 9.84. The fourth-order valence-corrected chi connectivity index (χ4v) is 7.93. The highest BCUT2D eigenvalue weighted by atomic mass is 19.1. The first-order valence-electron chi connectivity index (χ1n) is 18.6. The second-order valence-electron chi connectivity index (χ2n) is 15.7. The third kappa shape index (κ3) is 8.53. The number of halogens is 1. The van der Waals surface area contributed by atoms with Crippen LogP contribution in [0.25, 0.3) is 0 Å². The number of urea groups is 1. The van der Waals surface area contributed by atoms with Crippen LogP contribution in [0.1, 0.15) is 98.0 Å². The first-order chi connectivity index (χ1) is 23.9. The number of anilines is 2. The predicted molar refractivity (Wildman–Crippen MR) is 196 cm³/mol. The number of carbonyl (C=O) groups excluding carboxylic acids is 2. The highest BCUT2D eigenvalue weighted by molar-refractivity contribution is 6.20. The molecule has 2 aromatic rings. The zero-order chi connectivity index (χ0) is 35.5. The van der Waals surface area contributed by atoms with Gasteiger partial charge in [0.2, 0.25) is 0 Å². The predicted octanol–water partition coefficient (Wildman–Crippen LogP) is 7.40. The van der Waals surface area contributed by atoms with E-state index in [-0.39, 0.29) is 30.0 Å². The molecule has 50 heavy (non-hydrogen) atoms. The number of nitrogens with one attached hydrogen (secondary N) is 2. The van der Waals surface area contributed by atoms with Crippen LogP contribution in [0.5, 0.6) is 5.75 Å². The number of ether oxygens (including phenoxy) is 2. The lowest BCUT2D eigenvalue weighted by molar-refractivity contribution is 0.0497. The number of hydrogen-bond acceptors (Lipinski definition) is 7. The van der Waals surface area contributed by atoms with Crippen molar-refractivity contribution >= 4 is 29.3 Å². The van der Waals surface area contributed by atoms with Crippen LogP contribution in [-0.2, 0) is 11.3 Å². The molecule has 3 saturated heterocycles. The Hall–Kier alpha value is -3.86. The number of amides is 3. The molecule has 6 rings (SSSR count). The first-order valence-corrected chi connectivity index (χ1v) is 18.6. The Morgan fingerprint density at radius 3 is 2.40 bits per heavy atom. The topological polar surface area (TPSA) is 98.7 Å². The molecule has 1 aliphatic carbocycles. The molecule has 2 aromatic carbocycles. The normalized spacial score (nSPS) is 21.6. The zero-order valence-electron chi connectivity index (χ0n) is 30.5. The van der Waals surface area contributed by atoms with Gasteiger partial charge in [0.25, 0.3) is 0 Å². The second-order valence-corrected chi connectivity index (χ2v) is 15.7. The minimum atomic E-state index is -0.702. The third-order valence-corrected chi connectivity index (χ3v) is 10.3. The Morgan fingerprint density at radius 2 is 1.72 bits per heavy atom. The Balaban J connectivity index is 1.24. The summed E-state index contributed by atoms with van der Waals surface area (Å²) >= 11 is 0. The SMILES string of the molecule is CC(C)Oc1cccc(CN2CCC3(CC2)C(=NC2CCCCC2)NC(=O)N3c2cc(F)ccc2N2CCC(NC(=O)OC(C)(C)C)CC2)c1. The van der Waals surface area contributed by atoms with Crippen LogP contribution < -0.4 is 25.2 Å². The molecule has 10 nitrogen and oxygen atoms in total. The van der Waals surface area contributed by atoms with E-state index in [0.29, 0.717) is 44.5 Å². The molecule has 1 spiro atoms. The quantitative estimate of drug-likeness (QED) is 0.300. The number of aliphatic imine (C=N–C) groups is 1. The molecule has 1 saturated carbocycles. The molecule has 0 bridgehead atoms. The van der Waals surface area contributed by atoms with Crippen molar-refractivity contribution in [3.05, 3.63) is 53.8 Å². The monoisotopic (exact) mass is 690 g/mol. The minimum Gasteiger partial charge on any atom is -0.491 e. The number of carbonyl (C=O) groups is 2. The van der Waals surface area contributed by atoms with Gasteiger partial charge in [-0.25, -0.2) is 14.0 Å². The average molecular weight is 691 g/mol. The maximum atomic E-state index is 15.2. The van der Waals surface area contributed by atoms with Crippen LogP contribution in [0.4, 0.5) is 25.4 Å². The number of rotatable bonds is 8. The minimum absolute atomic E-state index is 0.0254. The lowest BCUT2D eigenvalue weighted by Crippen LogP contribution is -2.57. The van der Waals surface area contributed by atoms with E-state index in [1.54, 1.807) is 6.07 Å². The molecule has 4 fully saturated rings. The average Bonchev–Trinajstić information content (AvgIpc) is 3.31. The van der Waals surface area contributed by atoms with Crippen molar-refractivity contribution in [3.63, 3.8) is 0 Å². The van der Waals surface area contributed by atoms with Gasteiger partial charge in [0, 0.05) is 38.8 Å². The molecule has 11 heteroatoms. The van der Waals surface area contributed by atoms with E-state index in [2.05, 4.69) is 32.6 Å². The van der Waals surface area contributed by atoms with Crippen LogP contribution in [0, 0.1) is 5.82 Å². The van der Waals surface area contributed by atoms with E-state index in [1.807, 2.05) is 51.7 Å². The van der Waals surface area contributed by atoms with Crippen LogP contribution in [0.2, 0.25) is 0 Å². The summed E-state index contributed by atoms with van der Waals surface area (Å²) in [5.41, 5.74) is 1.31. The summed E-state index contributed by atoms with van der Waals surface area (Å²) in [7, 11) is 0. The van der Waals surface area contributed by atoms with E-state index < -0.39 is 17.2 Å². The van der Waals surface area contributed by atoms with Gasteiger partial charge in [-0.2, -0.15) is 0 Å². The highest BCUT2D eigenvalue weighted by Gasteiger charge is 2.54. The van der Waals surface area contributed by atoms with Gasteiger partial charge in [0.15, 0.2) is 0 Å². The molecular formula is C39H55FN6O4. The molecule has 3 amide bonds. The number of hydrogen-bond donors (Lipinski definition) is 2. The number of likely N-dealkylation sites (tertiary alicyclic amines) is 1. The summed E-state index contributed by atoms with van der Waals surface area (Å²) < 4.78 is 26.6. The standard InChI is InChI=1S/C39H55FN6O4/c1-27(2)49-32-13-9-10-28(24-32)26-44-22-18-39(19-23-44)35(41-30-11-7-6-8-12-30)43-36(47)46(39)34-25-29(40)14-15-33(34)45-20-16-31(17-21-45)42-37(48)50-38(3,4)5/h9-10,13-15,24-25,27,30-31H,6-8,11-12,16-23,26H2,1-5H3,(H,42,48)(H,41,43,47). The Kier molecular flexibility index (Phi) is 10.9. The Bertz CT molecular complexity index is 1540. The van der Waals surface area contributed by atoms with Gasteiger partial charge in [-0.3, -0.25) is 20.1 Å². The van der Waals surface area contributed by atoms with Crippen LogP contribution in [-0.4, -0.2) is 78.4 Å². The van der Waals surface area contributed by atoms with Crippen LogP contribution in [0.15, 0.2) is 47.5 Å². The summed E-state index contributed by atoms with van der Waals surface area (Å²) in [4.78, 5) is 38.3. The van der Waals surface area contributed by atoms with Gasteiger partial charge in [0.1, 0.15) is 28.5 Å². The van der Waals surface area contributed by atoms with Gasteiger partial charge in [-0.1, -0.05) is 31.4 Å². The van der Waals surface area contributed by atoms with Crippen molar-refractivity contribution in [1.82, 2.24) is 15.5 Å². The van der Waals surface area contributed by atoms with Crippen molar-refractivity contribution in [3.8, 4) is 5.75 Å². The fourth-order valence-electron chi connectivity index (χ4n) is 7.93. The first kappa shape index (κ1) is 35.9. The molecule has 0 aromatic heterocycles. The lowest BCUT2D eigenvalue weighted by Gasteiger charge is -2.45. The van der Waals surface area contributed by atoms with Gasteiger partial charge in [-0.15, -0.1) is 0 Å².